The van der Waals surface area contributed by atoms with Crippen molar-refractivity contribution in [3.8, 4) is 0 Å². The zero-order valence-electron chi connectivity index (χ0n) is 9.56. The largest absolute Gasteiger partial charge is 0.465 e. The van der Waals surface area contributed by atoms with Crippen molar-refractivity contribution in [3.63, 3.8) is 0 Å². The number of ether oxygens (including phenoxy) is 1. The maximum Gasteiger partial charge on any atom is 0.325 e. The molecular weight excluding hydrogens is 286 g/mol. The van der Waals surface area contributed by atoms with Gasteiger partial charge in [-0.3, -0.25) is 9.59 Å². The molecule has 0 N–H and O–H groups in total. The Bertz CT molecular complexity index is 378. The fraction of sp³-hybridized carbons (Fsp3) is 0.333. The number of rotatable bonds is 6. The molecule has 1 aromatic carbocycles. The molecular formula is C12H14BrNO3. The zero-order valence-corrected chi connectivity index (χ0v) is 11.1. The van der Waals surface area contributed by atoms with E-state index in [1.54, 1.807) is 6.92 Å². The number of carbonyl (C=O) groups excluding carboxylic acids is 2. The first-order valence-electron chi connectivity index (χ1n) is 5.25. The lowest BCUT2D eigenvalue weighted by molar-refractivity contribution is -0.146. The van der Waals surface area contributed by atoms with E-state index in [-0.39, 0.29) is 6.54 Å². The number of carbonyl (C=O) groups is 2. The van der Waals surface area contributed by atoms with E-state index >= 15 is 0 Å². The van der Waals surface area contributed by atoms with Gasteiger partial charge in [0.15, 0.2) is 0 Å². The highest BCUT2D eigenvalue weighted by atomic mass is 79.9. The third-order valence-corrected chi connectivity index (χ3v) is 2.61. The lowest BCUT2D eigenvalue weighted by Gasteiger charge is -2.16. The molecule has 17 heavy (non-hydrogen) atoms. The zero-order chi connectivity index (χ0) is 12.7. The smallest absolute Gasteiger partial charge is 0.325 e. The SMILES string of the molecule is CCOC(=O)CN(C=O)Cc1ccc(Br)cc1. The Morgan fingerprint density at radius 3 is 2.59 bits per heavy atom. The predicted molar refractivity (Wildman–Crippen MR) is 67.2 cm³/mol. The summed E-state index contributed by atoms with van der Waals surface area (Å²) in [6.45, 7) is 2.44. The molecule has 0 atom stereocenters. The second-order valence-electron chi connectivity index (χ2n) is 3.44. The molecule has 0 aromatic heterocycles. The van der Waals surface area contributed by atoms with Gasteiger partial charge in [0.2, 0.25) is 6.41 Å². The summed E-state index contributed by atoms with van der Waals surface area (Å²) < 4.78 is 5.76. The van der Waals surface area contributed by atoms with Gasteiger partial charge in [0, 0.05) is 11.0 Å². The maximum absolute atomic E-state index is 11.2. The highest BCUT2D eigenvalue weighted by molar-refractivity contribution is 9.10. The molecule has 1 rings (SSSR count). The summed E-state index contributed by atoms with van der Waals surface area (Å²) in [6.07, 6.45) is 0.652. The Balaban J connectivity index is 2.54. The highest BCUT2D eigenvalue weighted by Crippen LogP contribution is 2.11. The first kappa shape index (κ1) is 13.7. The van der Waals surface area contributed by atoms with Crippen molar-refractivity contribution >= 4 is 28.3 Å². The van der Waals surface area contributed by atoms with Crippen molar-refractivity contribution in [2.45, 2.75) is 13.5 Å². The average Bonchev–Trinajstić information content (AvgIpc) is 2.31. The van der Waals surface area contributed by atoms with E-state index in [0.717, 1.165) is 10.0 Å². The molecule has 0 heterocycles. The molecule has 0 bridgehead atoms. The van der Waals surface area contributed by atoms with Crippen LogP contribution in [0.15, 0.2) is 28.7 Å². The Labute approximate surface area is 109 Å². The van der Waals surface area contributed by atoms with Crippen molar-refractivity contribution in [3.05, 3.63) is 34.3 Å². The van der Waals surface area contributed by atoms with Gasteiger partial charge in [0.25, 0.3) is 0 Å². The first-order valence-corrected chi connectivity index (χ1v) is 6.04. The summed E-state index contributed by atoms with van der Waals surface area (Å²) in [4.78, 5) is 23.4. The van der Waals surface area contributed by atoms with Crippen molar-refractivity contribution in [1.82, 2.24) is 4.90 Å². The Hall–Kier alpha value is -1.36. The van der Waals surface area contributed by atoms with Gasteiger partial charge in [0.05, 0.1) is 6.61 Å². The van der Waals surface area contributed by atoms with Crippen molar-refractivity contribution < 1.29 is 14.3 Å². The van der Waals surface area contributed by atoms with E-state index in [1.165, 1.54) is 4.90 Å². The summed E-state index contributed by atoms with van der Waals surface area (Å²) in [5.41, 5.74) is 0.963. The Morgan fingerprint density at radius 1 is 1.41 bits per heavy atom. The van der Waals surface area contributed by atoms with Gasteiger partial charge < -0.3 is 9.64 Å². The van der Waals surface area contributed by atoms with Crippen molar-refractivity contribution in [2.75, 3.05) is 13.2 Å². The molecule has 0 saturated heterocycles. The minimum absolute atomic E-state index is 0.0204. The number of hydrogen-bond donors (Lipinski definition) is 0. The number of halogens is 1. The standard InChI is InChI=1S/C12H14BrNO3/c1-2-17-12(16)8-14(9-15)7-10-3-5-11(13)6-4-10/h3-6,9H,2,7-8H2,1H3. The van der Waals surface area contributed by atoms with Crippen LogP contribution in [-0.4, -0.2) is 30.4 Å². The molecule has 1 aromatic rings. The van der Waals surface area contributed by atoms with Crippen LogP contribution < -0.4 is 0 Å². The van der Waals surface area contributed by atoms with Crippen LogP contribution in [0, 0.1) is 0 Å². The number of benzene rings is 1. The Kier molecular flexibility index (Phi) is 5.69. The van der Waals surface area contributed by atoms with Crippen LogP contribution in [0.5, 0.6) is 0 Å². The number of esters is 1. The van der Waals surface area contributed by atoms with Gasteiger partial charge in [-0.05, 0) is 24.6 Å². The summed E-state index contributed by atoms with van der Waals surface area (Å²) in [7, 11) is 0. The van der Waals surface area contributed by atoms with E-state index in [9.17, 15) is 9.59 Å². The summed E-state index contributed by atoms with van der Waals surface area (Å²) in [5, 5.41) is 0. The van der Waals surface area contributed by atoms with Crippen LogP contribution in [0.1, 0.15) is 12.5 Å². The molecule has 0 spiro atoms. The van der Waals surface area contributed by atoms with Gasteiger partial charge in [-0.15, -0.1) is 0 Å². The third-order valence-electron chi connectivity index (χ3n) is 2.09. The van der Waals surface area contributed by atoms with Crippen molar-refractivity contribution in [2.24, 2.45) is 0 Å². The molecule has 0 aliphatic rings. The summed E-state index contributed by atoms with van der Waals surface area (Å²) >= 11 is 3.33. The molecule has 0 fully saturated rings. The van der Waals surface area contributed by atoms with Gasteiger partial charge in [0.1, 0.15) is 6.54 Å². The molecule has 4 nitrogen and oxygen atoms in total. The predicted octanol–water partition coefficient (Wildman–Crippen LogP) is 1.97. The van der Waals surface area contributed by atoms with E-state index in [4.69, 9.17) is 4.74 Å². The van der Waals surface area contributed by atoms with Crippen LogP contribution in [0.3, 0.4) is 0 Å². The van der Waals surface area contributed by atoms with Crippen LogP contribution in [0.4, 0.5) is 0 Å². The molecule has 0 radical (unpaired) electrons. The third kappa shape index (κ3) is 4.99. The molecule has 0 unspecified atom stereocenters. The second-order valence-corrected chi connectivity index (χ2v) is 4.36. The van der Waals surface area contributed by atoms with Crippen LogP contribution in [-0.2, 0) is 20.9 Å². The minimum Gasteiger partial charge on any atom is -0.465 e. The fourth-order valence-electron chi connectivity index (χ4n) is 1.33. The fourth-order valence-corrected chi connectivity index (χ4v) is 1.59. The normalized spacial score (nSPS) is 9.76. The van der Waals surface area contributed by atoms with Crippen LogP contribution in [0.25, 0.3) is 0 Å². The number of amides is 1. The molecule has 92 valence electrons. The van der Waals surface area contributed by atoms with Gasteiger partial charge >= 0.3 is 5.97 Å². The van der Waals surface area contributed by atoms with Gasteiger partial charge in [-0.1, -0.05) is 28.1 Å². The minimum atomic E-state index is -0.392. The molecule has 0 aliphatic carbocycles. The van der Waals surface area contributed by atoms with Crippen molar-refractivity contribution in [1.29, 1.82) is 0 Å². The number of nitrogens with zero attached hydrogens (tertiary/aromatic N) is 1. The first-order chi connectivity index (χ1) is 8.15. The van der Waals surface area contributed by atoms with Crippen LogP contribution in [0.2, 0.25) is 0 Å². The lowest BCUT2D eigenvalue weighted by atomic mass is 10.2. The average molecular weight is 300 g/mol. The van der Waals surface area contributed by atoms with Gasteiger partial charge in [-0.25, -0.2) is 0 Å². The molecule has 0 aliphatic heterocycles. The topological polar surface area (TPSA) is 46.6 Å². The molecule has 5 heteroatoms. The quantitative estimate of drug-likeness (QED) is 0.596. The Morgan fingerprint density at radius 2 is 2.06 bits per heavy atom. The summed E-state index contributed by atoms with van der Waals surface area (Å²) in [6, 6.07) is 7.57. The number of hydrogen-bond acceptors (Lipinski definition) is 3. The second kappa shape index (κ2) is 7.06. The summed E-state index contributed by atoms with van der Waals surface area (Å²) in [5.74, 6) is -0.392. The van der Waals surface area contributed by atoms with Gasteiger partial charge in [-0.2, -0.15) is 0 Å². The maximum atomic E-state index is 11.2. The molecule has 1 amide bonds. The lowest BCUT2D eigenvalue weighted by Crippen LogP contribution is -2.29. The van der Waals surface area contributed by atoms with E-state index in [2.05, 4.69) is 15.9 Å². The van der Waals surface area contributed by atoms with E-state index in [1.807, 2.05) is 24.3 Å². The molecule has 0 saturated carbocycles. The van der Waals surface area contributed by atoms with E-state index < -0.39 is 5.97 Å². The van der Waals surface area contributed by atoms with Crippen LogP contribution >= 0.6 is 15.9 Å². The monoisotopic (exact) mass is 299 g/mol. The highest BCUT2D eigenvalue weighted by Gasteiger charge is 2.09. The van der Waals surface area contributed by atoms with E-state index in [0.29, 0.717) is 19.6 Å².